The minimum absolute atomic E-state index is 0.0974. The Hall–Kier alpha value is -1.31. The molecule has 0 aromatic rings. The maximum Gasteiger partial charge on any atom is 0.411 e. The number of carbonyl (C=O) groups excluding carboxylic acids is 2. The van der Waals surface area contributed by atoms with Crippen LogP contribution >= 0.6 is 0 Å². The monoisotopic (exact) mass is 323 g/mol. The molecule has 5 nitrogen and oxygen atoms in total. The second-order valence-electron chi connectivity index (χ2n) is 5.80. The quantitative estimate of drug-likeness (QED) is 0.742. The third kappa shape index (κ3) is 3.91. The molecule has 0 radical (unpaired) electrons. The molecule has 1 aliphatic heterocycles. The summed E-state index contributed by atoms with van der Waals surface area (Å²) >= 11 is 0. The van der Waals surface area contributed by atoms with E-state index in [0.717, 1.165) is 25.7 Å². The summed E-state index contributed by atoms with van der Waals surface area (Å²) < 4.78 is 45.4. The Kier molecular flexibility index (Phi) is 5.31. The Labute approximate surface area is 126 Å². The number of hydrogen-bond donors (Lipinski definition) is 0. The first-order chi connectivity index (χ1) is 10.3. The fraction of sp³-hybridized carbons (Fsp3) is 0.857. The summed E-state index contributed by atoms with van der Waals surface area (Å²) in [7, 11) is 1.24. The molecule has 1 heterocycles. The third-order valence-corrected chi connectivity index (χ3v) is 4.34. The topological polar surface area (TPSA) is 55.8 Å². The van der Waals surface area contributed by atoms with E-state index < -0.39 is 37.3 Å². The van der Waals surface area contributed by atoms with Crippen LogP contribution in [0.2, 0.25) is 0 Å². The van der Waals surface area contributed by atoms with E-state index in [0.29, 0.717) is 6.42 Å². The van der Waals surface area contributed by atoms with Gasteiger partial charge in [0.15, 0.2) is 0 Å². The fourth-order valence-electron chi connectivity index (χ4n) is 3.49. The van der Waals surface area contributed by atoms with E-state index in [4.69, 9.17) is 4.74 Å². The lowest BCUT2D eigenvalue weighted by Crippen LogP contribution is -2.48. The summed E-state index contributed by atoms with van der Waals surface area (Å²) in [5, 5.41) is 0. The molecule has 0 spiro atoms. The highest BCUT2D eigenvalue weighted by Gasteiger charge is 2.47. The van der Waals surface area contributed by atoms with Crippen molar-refractivity contribution in [1.82, 2.24) is 4.90 Å². The summed E-state index contributed by atoms with van der Waals surface area (Å²) in [6, 6.07) is -0.806. The van der Waals surface area contributed by atoms with Crippen LogP contribution in [0.15, 0.2) is 0 Å². The molecule has 3 atom stereocenters. The largest absolute Gasteiger partial charge is 0.467 e. The Morgan fingerprint density at radius 2 is 1.91 bits per heavy atom. The van der Waals surface area contributed by atoms with Crippen molar-refractivity contribution in [3.05, 3.63) is 0 Å². The lowest BCUT2D eigenvalue weighted by atomic mass is 9.85. The summed E-state index contributed by atoms with van der Waals surface area (Å²) in [6.45, 7) is -2.14. The van der Waals surface area contributed by atoms with Crippen molar-refractivity contribution in [3.63, 3.8) is 0 Å². The lowest BCUT2D eigenvalue weighted by Gasteiger charge is -2.33. The minimum atomic E-state index is -4.47. The van der Waals surface area contributed by atoms with Crippen LogP contribution < -0.4 is 0 Å². The zero-order valence-electron chi connectivity index (χ0n) is 12.4. The van der Waals surface area contributed by atoms with Gasteiger partial charge in [0.1, 0.15) is 19.3 Å². The molecule has 0 bridgehead atoms. The Bertz CT molecular complexity index is 427. The second kappa shape index (κ2) is 6.85. The van der Waals surface area contributed by atoms with E-state index in [-0.39, 0.29) is 12.0 Å². The van der Waals surface area contributed by atoms with E-state index in [9.17, 15) is 22.8 Å². The molecule has 0 aromatic heterocycles. The molecular weight excluding hydrogens is 303 g/mol. The molecule has 0 aromatic carbocycles. The van der Waals surface area contributed by atoms with Crippen molar-refractivity contribution in [1.29, 1.82) is 0 Å². The van der Waals surface area contributed by atoms with Crippen LogP contribution in [0, 0.1) is 5.92 Å². The SMILES string of the molecule is COC(=O)[C@@H]1C[C@H]2CCCC[C@@H]2N1C(=O)COCC(F)(F)F. The van der Waals surface area contributed by atoms with Gasteiger partial charge in [0.25, 0.3) is 0 Å². The van der Waals surface area contributed by atoms with Gasteiger partial charge in [0.2, 0.25) is 5.91 Å². The molecule has 8 heteroatoms. The maximum absolute atomic E-state index is 12.2. The summed E-state index contributed by atoms with van der Waals surface area (Å²) in [6.07, 6.45) is -0.277. The molecular formula is C14H20F3NO4. The van der Waals surface area contributed by atoms with Crippen LogP contribution in [-0.2, 0) is 19.1 Å². The summed E-state index contributed by atoms with van der Waals surface area (Å²) in [5.41, 5.74) is 0. The van der Waals surface area contributed by atoms with E-state index >= 15 is 0 Å². The number of methoxy groups -OCH3 is 1. The van der Waals surface area contributed by atoms with Crippen molar-refractivity contribution in [2.45, 2.75) is 50.4 Å². The molecule has 126 valence electrons. The normalized spacial score (nSPS) is 28.4. The zero-order chi connectivity index (χ0) is 16.3. The Morgan fingerprint density at radius 3 is 2.55 bits per heavy atom. The van der Waals surface area contributed by atoms with E-state index in [1.54, 1.807) is 0 Å². The molecule has 2 rings (SSSR count). The number of nitrogens with zero attached hydrogens (tertiary/aromatic N) is 1. The predicted octanol–water partition coefficient (Wildman–Crippen LogP) is 1.90. The summed E-state index contributed by atoms with van der Waals surface area (Å²) in [4.78, 5) is 25.5. The molecule has 0 N–H and O–H groups in total. The molecule has 2 aliphatic rings. The van der Waals surface area contributed by atoms with Gasteiger partial charge in [-0.3, -0.25) is 4.79 Å². The first-order valence-corrected chi connectivity index (χ1v) is 7.37. The highest BCUT2D eigenvalue weighted by Crippen LogP contribution is 2.40. The van der Waals surface area contributed by atoms with Gasteiger partial charge in [-0.2, -0.15) is 13.2 Å². The lowest BCUT2D eigenvalue weighted by molar-refractivity contribution is -0.179. The molecule has 2 fully saturated rings. The number of likely N-dealkylation sites (tertiary alicyclic amines) is 1. The first kappa shape index (κ1) is 17.1. The van der Waals surface area contributed by atoms with Crippen LogP contribution in [0.4, 0.5) is 13.2 Å². The van der Waals surface area contributed by atoms with Gasteiger partial charge < -0.3 is 14.4 Å². The number of amides is 1. The van der Waals surface area contributed by atoms with Crippen LogP contribution in [0.5, 0.6) is 0 Å². The second-order valence-corrected chi connectivity index (χ2v) is 5.80. The fourth-order valence-corrected chi connectivity index (χ4v) is 3.49. The molecule has 1 saturated carbocycles. The van der Waals surface area contributed by atoms with Crippen LogP contribution in [0.1, 0.15) is 32.1 Å². The van der Waals surface area contributed by atoms with Crippen molar-refractivity contribution in [2.24, 2.45) is 5.92 Å². The van der Waals surface area contributed by atoms with Crippen LogP contribution in [0.3, 0.4) is 0 Å². The summed E-state index contributed by atoms with van der Waals surface area (Å²) in [5.74, 6) is -0.878. The van der Waals surface area contributed by atoms with E-state index in [2.05, 4.69) is 4.74 Å². The van der Waals surface area contributed by atoms with Crippen molar-refractivity contribution < 1.29 is 32.2 Å². The number of esters is 1. The number of rotatable bonds is 4. The highest BCUT2D eigenvalue weighted by molar-refractivity contribution is 5.86. The number of alkyl halides is 3. The van der Waals surface area contributed by atoms with Gasteiger partial charge in [0.05, 0.1) is 7.11 Å². The number of halogens is 3. The van der Waals surface area contributed by atoms with E-state index in [1.165, 1.54) is 12.0 Å². The van der Waals surface area contributed by atoms with Crippen LogP contribution in [-0.4, -0.2) is 55.4 Å². The highest BCUT2D eigenvalue weighted by atomic mass is 19.4. The zero-order valence-corrected chi connectivity index (χ0v) is 12.4. The first-order valence-electron chi connectivity index (χ1n) is 7.37. The van der Waals surface area contributed by atoms with Gasteiger partial charge in [0, 0.05) is 6.04 Å². The predicted molar refractivity (Wildman–Crippen MR) is 69.9 cm³/mol. The van der Waals surface area contributed by atoms with Gasteiger partial charge >= 0.3 is 12.1 Å². The Balaban J connectivity index is 2.02. The maximum atomic E-state index is 12.2. The Morgan fingerprint density at radius 1 is 1.23 bits per heavy atom. The smallest absolute Gasteiger partial charge is 0.411 e. The van der Waals surface area contributed by atoms with Crippen molar-refractivity contribution in [3.8, 4) is 0 Å². The molecule has 22 heavy (non-hydrogen) atoms. The standard InChI is InChI=1S/C14H20F3NO4/c1-21-13(20)11-6-9-4-2-3-5-10(9)18(11)12(19)7-22-8-14(15,16)17/h9-11H,2-8H2,1H3/t9-,10+,11+/m1/s1. The van der Waals surface area contributed by atoms with Gasteiger partial charge in [-0.25, -0.2) is 4.79 Å². The number of hydrogen-bond acceptors (Lipinski definition) is 4. The average molecular weight is 323 g/mol. The van der Waals surface area contributed by atoms with Crippen molar-refractivity contribution in [2.75, 3.05) is 20.3 Å². The number of ether oxygens (including phenoxy) is 2. The van der Waals surface area contributed by atoms with Crippen LogP contribution in [0.25, 0.3) is 0 Å². The molecule has 1 amide bonds. The average Bonchev–Trinajstić information content (AvgIpc) is 2.84. The van der Waals surface area contributed by atoms with E-state index in [1.807, 2.05) is 0 Å². The van der Waals surface area contributed by atoms with Crippen molar-refractivity contribution >= 4 is 11.9 Å². The number of carbonyl (C=O) groups is 2. The van der Waals surface area contributed by atoms with Gasteiger partial charge in [-0.05, 0) is 25.2 Å². The number of fused-ring (bicyclic) bond motifs is 1. The molecule has 0 unspecified atom stereocenters. The third-order valence-electron chi connectivity index (χ3n) is 4.34. The van der Waals surface area contributed by atoms with Gasteiger partial charge in [-0.1, -0.05) is 12.8 Å². The molecule has 1 saturated heterocycles. The molecule has 1 aliphatic carbocycles. The van der Waals surface area contributed by atoms with Gasteiger partial charge in [-0.15, -0.1) is 0 Å². The minimum Gasteiger partial charge on any atom is -0.467 e.